The number of benzene rings is 1. The van der Waals surface area contributed by atoms with Crippen molar-refractivity contribution in [3.8, 4) is 11.5 Å². The molecular formula is C29H45NO9. The molecule has 39 heavy (non-hydrogen) atoms. The number of hydrogen-bond donors (Lipinski definition) is 1. The maximum Gasteiger partial charge on any atom is 0.508 e. The van der Waals surface area contributed by atoms with E-state index in [-0.39, 0.29) is 49.2 Å². The highest BCUT2D eigenvalue weighted by Gasteiger charge is 2.25. The number of hydrogen-bond acceptors (Lipinski definition) is 10. The summed E-state index contributed by atoms with van der Waals surface area (Å²) in [4.78, 5) is 49.0. The van der Waals surface area contributed by atoms with Gasteiger partial charge in [-0.3, -0.25) is 14.4 Å². The number of nitrogens with two attached hydrogens (primary N) is 1. The number of esters is 3. The van der Waals surface area contributed by atoms with Gasteiger partial charge in [0.05, 0.1) is 6.61 Å². The number of unbranched alkanes of at least 4 members (excludes halogenated alkanes) is 2. The number of carbonyl (C=O) groups is 4. The minimum absolute atomic E-state index is 0.0647. The first-order valence-electron chi connectivity index (χ1n) is 13.7. The van der Waals surface area contributed by atoms with E-state index in [1.165, 1.54) is 12.1 Å². The molecule has 0 aliphatic heterocycles. The molecular weight excluding hydrogens is 506 g/mol. The third kappa shape index (κ3) is 14.0. The second kappa shape index (κ2) is 17.4. The SMILES string of the molecule is CCCCCOC(=O)O[C@@H](C)[C@H](C)OC(=O)[C@@H](N)Cc1ccc(OC(=O)CC(C)C)c(OC(=O)CC(C)C)c1. The summed E-state index contributed by atoms with van der Waals surface area (Å²) < 4.78 is 26.5. The average Bonchev–Trinajstić information content (AvgIpc) is 2.82. The first-order valence-corrected chi connectivity index (χ1v) is 13.7. The van der Waals surface area contributed by atoms with Gasteiger partial charge in [-0.05, 0) is 56.2 Å². The Morgan fingerprint density at radius 1 is 0.795 bits per heavy atom. The fraction of sp³-hybridized carbons (Fsp3) is 0.655. The van der Waals surface area contributed by atoms with Crippen molar-refractivity contribution in [2.75, 3.05) is 6.61 Å². The van der Waals surface area contributed by atoms with Crippen LogP contribution in [0.3, 0.4) is 0 Å². The Bertz CT molecular complexity index is 945. The summed E-state index contributed by atoms with van der Waals surface area (Å²) in [6.07, 6.45) is 0.821. The zero-order chi connectivity index (χ0) is 29.5. The zero-order valence-corrected chi connectivity index (χ0v) is 24.3. The summed E-state index contributed by atoms with van der Waals surface area (Å²) in [5, 5.41) is 0. The topological polar surface area (TPSA) is 140 Å². The maximum absolute atomic E-state index is 12.6. The molecule has 0 heterocycles. The van der Waals surface area contributed by atoms with Gasteiger partial charge in [0.25, 0.3) is 0 Å². The van der Waals surface area contributed by atoms with Crippen molar-refractivity contribution in [2.24, 2.45) is 17.6 Å². The highest BCUT2D eigenvalue weighted by atomic mass is 16.7. The number of carbonyl (C=O) groups excluding carboxylic acids is 4. The fourth-order valence-corrected chi connectivity index (χ4v) is 3.33. The molecule has 0 aromatic heterocycles. The molecule has 2 N–H and O–H groups in total. The van der Waals surface area contributed by atoms with E-state index in [9.17, 15) is 19.2 Å². The Morgan fingerprint density at radius 3 is 1.92 bits per heavy atom. The Balaban J connectivity index is 2.82. The maximum atomic E-state index is 12.6. The van der Waals surface area contributed by atoms with Gasteiger partial charge in [-0.25, -0.2) is 4.79 Å². The summed E-state index contributed by atoms with van der Waals surface area (Å²) in [5.41, 5.74) is 6.66. The van der Waals surface area contributed by atoms with Crippen LogP contribution in [0.4, 0.5) is 4.79 Å². The van der Waals surface area contributed by atoms with E-state index in [2.05, 4.69) is 0 Å². The monoisotopic (exact) mass is 551 g/mol. The van der Waals surface area contributed by atoms with E-state index in [1.807, 2.05) is 34.6 Å². The number of ether oxygens (including phenoxy) is 5. The van der Waals surface area contributed by atoms with Crippen LogP contribution >= 0.6 is 0 Å². The van der Waals surface area contributed by atoms with Crippen LogP contribution in [-0.2, 0) is 35.0 Å². The molecule has 10 nitrogen and oxygen atoms in total. The van der Waals surface area contributed by atoms with Crippen LogP contribution < -0.4 is 15.2 Å². The van der Waals surface area contributed by atoms with Crippen LogP contribution in [0.15, 0.2) is 18.2 Å². The Labute approximate surface area is 231 Å². The largest absolute Gasteiger partial charge is 0.508 e. The Hall–Kier alpha value is -3.14. The highest BCUT2D eigenvalue weighted by molar-refractivity contribution is 5.77. The van der Waals surface area contributed by atoms with E-state index in [0.717, 1.165) is 19.3 Å². The van der Waals surface area contributed by atoms with Gasteiger partial charge in [0, 0.05) is 12.8 Å². The van der Waals surface area contributed by atoms with Gasteiger partial charge in [-0.15, -0.1) is 0 Å². The highest BCUT2D eigenvalue weighted by Crippen LogP contribution is 2.30. The van der Waals surface area contributed by atoms with Gasteiger partial charge >= 0.3 is 24.1 Å². The number of rotatable bonds is 16. The van der Waals surface area contributed by atoms with Gasteiger partial charge in [0.15, 0.2) is 11.5 Å². The van der Waals surface area contributed by atoms with E-state index >= 15 is 0 Å². The molecule has 0 saturated heterocycles. The van der Waals surface area contributed by atoms with Crippen molar-refractivity contribution in [1.82, 2.24) is 0 Å². The summed E-state index contributed by atoms with van der Waals surface area (Å²) in [5.74, 6) is -1.26. The lowest BCUT2D eigenvalue weighted by atomic mass is 10.1. The summed E-state index contributed by atoms with van der Waals surface area (Å²) >= 11 is 0. The van der Waals surface area contributed by atoms with E-state index in [1.54, 1.807) is 19.9 Å². The van der Waals surface area contributed by atoms with Crippen molar-refractivity contribution in [3.63, 3.8) is 0 Å². The van der Waals surface area contributed by atoms with Crippen LogP contribution in [-0.4, -0.2) is 48.9 Å². The van der Waals surface area contributed by atoms with Crippen LogP contribution in [0.5, 0.6) is 11.5 Å². The second-order valence-electron chi connectivity index (χ2n) is 10.5. The summed E-state index contributed by atoms with van der Waals surface area (Å²) in [7, 11) is 0. The lowest BCUT2D eigenvalue weighted by Crippen LogP contribution is -2.39. The van der Waals surface area contributed by atoms with Gasteiger partial charge in [-0.1, -0.05) is 53.5 Å². The molecule has 0 spiro atoms. The lowest BCUT2D eigenvalue weighted by molar-refractivity contribution is -0.155. The first-order chi connectivity index (χ1) is 18.3. The molecule has 0 saturated carbocycles. The van der Waals surface area contributed by atoms with Gasteiger partial charge in [0.2, 0.25) is 0 Å². The van der Waals surface area contributed by atoms with Crippen LogP contribution in [0.25, 0.3) is 0 Å². The first kappa shape index (κ1) is 33.9. The molecule has 1 rings (SSSR count). The quantitative estimate of drug-likeness (QED) is 0.167. The Morgan fingerprint density at radius 2 is 1.36 bits per heavy atom. The zero-order valence-electron chi connectivity index (χ0n) is 24.3. The van der Waals surface area contributed by atoms with E-state index in [4.69, 9.17) is 29.4 Å². The van der Waals surface area contributed by atoms with Crippen LogP contribution in [0, 0.1) is 11.8 Å². The lowest BCUT2D eigenvalue weighted by Gasteiger charge is -2.22. The molecule has 0 fully saturated rings. The normalized spacial score (nSPS) is 13.4. The molecule has 0 unspecified atom stereocenters. The predicted octanol–water partition coefficient (Wildman–Crippen LogP) is 5.12. The molecule has 220 valence electrons. The molecule has 0 aliphatic carbocycles. The van der Waals surface area contributed by atoms with Crippen molar-refractivity contribution in [2.45, 2.75) is 105 Å². The fourth-order valence-electron chi connectivity index (χ4n) is 3.33. The molecule has 0 bridgehead atoms. The van der Waals surface area contributed by atoms with Gasteiger partial charge in [0.1, 0.15) is 18.2 Å². The van der Waals surface area contributed by atoms with Gasteiger partial charge < -0.3 is 29.4 Å². The standard InChI is InChI=1S/C29H45NO9/c1-8-9-10-13-35-29(34)37-21(7)20(6)36-28(33)23(30)16-22-11-12-24(38-26(31)14-18(2)3)25(17-22)39-27(32)15-19(4)5/h11-12,17-21,23H,8-10,13-16,30H2,1-7H3/t20-,21-,23-/m0/s1. The van der Waals surface area contributed by atoms with Crippen LogP contribution in [0.1, 0.15) is 86.1 Å². The van der Waals surface area contributed by atoms with Gasteiger partial charge in [-0.2, -0.15) is 0 Å². The van der Waals surface area contributed by atoms with Crippen LogP contribution in [0.2, 0.25) is 0 Å². The van der Waals surface area contributed by atoms with E-state index < -0.39 is 42.3 Å². The van der Waals surface area contributed by atoms with E-state index in [0.29, 0.717) is 5.56 Å². The third-order valence-electron chi connectivity index (χ3n) is 5.58. The minimum atomic E-state index is -1.05. The minimum Gasteiger partial charge on any atom is -0.458 e. The Kier molecular flexibility index (Phi) is 15.2. The van der Waals surface area contributed by atoms with Crippen molar-refractivity contribution in [1.29, 1.82) is 0 Å². The molecule has 0 amide bonds. The molecule has 1 aromatic carbocycles. The van der Waals surface area contributed by atoms with Crippen molar-refractivity contribution in [3.05, 3.63) is 23.8 Å². The molecule has 1 aromatic rings. The summed E-state index contributed by atoms with van der Waals surface area (Å²) in [6.45, 7) is 13.0. The molecule has 0 radical (unpaired) electrons. The third-order valence-corrected chi connectivity index (χ3v) is 5.58. The second-order valence-corrected chi connectivity index (χ2v) is 10.5. The van der Waals surface area contributed by atoms with Crippen molar-refractivity contribution >= 4 is 24.1 Å². The molecule has 3 atom stereocenters. The smallest absolute Gasteiger partial charge is 0.458 e. The molecule has 0 aliphatic rings. The molecule has 10 heteroatoms. The van der Waals surface area contributed by atoms with Crippen molar-refractivity contribution < 1.29 is 42.9 Å². The predicted molar refractivity (Wildman–Crippen MR) is 145 cm³/mol. The average molecular weight is 552 g/mol. The summed E-state index contributed by atoms with van der Waals surface area (Å²) in [6, 6.07) is 3.62.